The fraction of sp³-hybridized carbons (Fsp3) is 0.261. The van der Waals surface area contributed by atoms with Crippen molar-refractivity contribution in [3.63, 3.8) is 0 Å². The Morgan fingerprint density at radius 2 is 1.90 bits per heavy atom. The van der Waals surface area contributed by atoms with Crippen LogP contribution in [0.3, 0.4) is 0 Å². The first-order valence-corrected chi connectivity index (χ1v) is 10.4. The maximum Gasteiger partial charge on any atom is 0.162 e. The summed E-state index contributed by atoms with van der Waals surface area (Å²) in [5, 5.41) is 8.58. The number of rotatable bonds is 4. The van der Waals surface area contributed by atoms with Gasteiger partial charge in [0.1, 0.15) is 12.0 Å². The Hall–Kier alpha value is -3.61. The van der Waals surface area contributed by atoms with Crippen LogP contribution in [0.15, 0.2) is 61.3 Å². The molecule has 30 heavy (non-hydrogen) atoms. The van der Waals surface area contributed by atoms with Crippen LogP contribution in [0.25, 0.3) is 28.2 Å². The number of anilines is 1. The highest BCUT2D eigenvalue weighted by molar-refractivity contribution is 5.80. The van der Waals surface area contributed by atoms with Crippen LogP contribution in [0.1, 0.15) is 38.1 Å². The van der Waals surface area contributed by atoms with Crippen molar-refractivity contribution in [3.8, 4) is 28.2 Å². The summed E-state index contributed by atoms with van der Waals surface area (Å²) in [6.45, 7) is 2.20. The third-order valence-corrected chi connectivity index (χ3v) is 5.94. The van der Waals surface area contributed by atoms with Crippen molar-refractivity contribution >= 4 is 5.82 Å². The zero-order valence-corrected chi connectivity index (χ0v) is 16.7. The fourth-order valence-corrected chi connectivity index (χ4v) is 4.38. The molecule has 0 amide bonds. The largest absolute Gasteiger partial charge is 0.341 e. The number of benzene rings is 1. The van der Waals surface area contributed by atoms with Crippen LogP contribution in [-0.4, -0.2) is 35.8 Å². The van der Waals surface area contributed by atoms with Crippen molar-refractivity contribution in [3.05, 3.63) is 67.1 Å². The second-order valence-corrected chi connectivity index (χ2v) is 7.81. The Kier molecular flexibility index (Phi) is 3.87. The SMILES string of the molecule is CC[C@@H]1c2nncn2-c2cnc(-c3ccncc3-c3ccccc3)nc2N1C1CC1. The van der Waals surface area contributed by atoms with Crippen molar-refractivity contribution in [2.24, 2.45) is 0 Å². The van der Waals surface area contributed by atoms with Crippen LogP contribution in [-0.2, 0) is 0 Å². The molecule has 0 saturated heterocycles. The van der Waals surface area contributed by atoms with Gasteiger partial charge in [0.25, 0.3) is 0 Å². The van der Waals surface area contributed by atoms with Crippen molar-refractivity contribution in [1.82, 2.24) is 29.7 Å². The summed E-state index contributed by atoms with van der Waals surface area (Å²) < 4.78 is 2.04. The van der Waals surface area contributed by atoms with E-state index in [0.717, 1.165) is 40.4 Å². The summed E-state index contributed by atoms with van der Waals surface area (Å²) in [5.74, 6) is 2.66. The Morgan fingerprint density at radius 3 is 2.70 bits per heavy atom. The van der Waals surface area contributed by atoms with Gasteiger partial charge in [0, 0.05) is 29.6 Å². The van der Waals surface area contributed by atoms with Gasteiger partial charge in [-0.15, -0.1) is 10.2 Å². The lowest BCUT2D eigenvalue weighted by atomic mass is 10.0. The topological polar surface area (TPSA) is 72.6 Å². The van der Waals surface area contributed by atoms with Crippen LogP contribution in [0.4, 0.5) is 5.82 Å². The zero-order valence-electron chi connectivity index (χ0n) is 16.7. The molecule has 1 fully saturated rings. The van der Waals surface area contributed by atoms with E-state index in [2.05, 4.69) is 39.1 Å². The molecule has 0 radical (unpaired) electrons. The van der Waals surface area contributed by atoms with E-state index >= 15 is 0 Å². The molecule has 1 saturated carbocycles. The third kappa shape index (κ3) is 2.62. The molecule has 7 nitrogen and oxygen atoms in total. The highest BCUT2D eigenvalue weighted by Crippen LogP contribution is 2.45. The van der Waals surface area contributed by atoms with E-state index in [4.69, 9.17) is 9.97 Å². The van der Waals surface area contributed by atoms with Crippen LogP contribution >= 0.6 is 0 Å². The minimum atomic E-state index is 0.182. The van der Waals surface area contributed by atoms with Gasteiger partial charge in [-0.1, -0.05) is 37.3 Å². The average Bonchev–Trinajstić information content (AvgIpc) is 3.53. The van der Waals surface area contributed by atoms with Crippen molar-refractivity contribution in [1.29, 1.82) is 0 Å². The van der Waals surface area contributed by atoms with Gasteiger partial charge in [0.05, 0.1) is 12.2 Å². The number of fused-ring (bicyclic) bond motifs is 3. The summed E-state index contributed by atoms with van der Waals surface area (Å²) in [6, 6.07) is 13.0. The van der Waals surface area contributed by atoms with Crippen LogP contribution in [0, 0.1) is 0 Å². The van der Waals surface area contributed by atoms with E-state index < -0.39 is 0 Å². The predicted molar refractivity (Wildman–Crippen MR) is 114 cm³/mol. The van der Waals surface area contributed by atoms with Gasteiger partial charge in [-0.05, 0) is 30.9 Å². The lowest BCUT2D eigenvalue weighted by Gasteiger charge is -2.37. The third-order valence-electron chi connectivity index (χ3n) is 5.94. The summed E-state index contributed by atoms with van der Waals surface area (Å²) in [4.78, 5) is 16.6. The van der Waals surface area contributed by atoms with E-state index in [1.807, 2.05) is 41.2 Å². The number of hydrogen-bond donors (Lipinski definition) is 0. The molecule has 4 aromatic rings. The summed E-state index contributed by atoms with van der Waals surface area (Å²) in [7, 11) is 0. The first-order valence-electron chi connectivity index (χ1n) is 10.4. The number of hydrogen-bond acceptors (Lipinski definition) is 6. The Balaban J connectivity index is 1.54. The van der Waals surface area contributed by atoms with Crippen LogP contribution in [0.5, 0.6) is 0 Å². The molecule has 1 aliphatic heterocycles. The van der Waals surface area contributed by atoms with E-state index in [9.17, 15) is 0 Å². The Bertz CT molecular complexity index is 1210. The summed E-state index contributed by atoms with van der Waals surface area (Å²) >= 11 is 0. The molecule has 148 valence electrons. The number of aromatic nitrogens is 6. The standard InChI is InChI=1S/C23H21N7/c1-2-19-23-28-26-14-29(23)20-13-25-21(27-22(20)30(19)16-8-9-16)17-10-11-24-12-18(17)15-6-4-3-5-7-15/h3-7,10-14,16,19H,2,8-9H2,1H3/t19-/m1/s1. The average molecular weight is 395 g/mol. The van der Waals surface area contributed by atoms with Crippen molar-refractivity contribution < 1.29 is 0 Å². The fourth-order valence-electron chi connectivity index (χ4n) is 4.38. The minimum absolute atomic E-state index is 0.182. The molecular weight excluding hydrogens is 374 g/mol. The highest BCUT2D eigenvalue weighted by atomic mass is 15.4. The molecule has 2 aliphatic rings. The van der Waals surface area contributed by atoms with Crippen molar-refractivity contribution in [2.45, 2.75) is 38.3 Å². The molecule has 4 heterocycles. The van der Waals surface area contributed by atoms with E-state index in [0.29, 0.717) is 11.9 Å². The summed E-state index contributed by atoms with van der Waals surface area (Å²) in [6.07, 6.45) is 10.7. The molecule has 0 N–H and O–H groups in total. The van der Waals surface area contributed by atoms with E-state index in [-0.39, 0.29) is 6.04 Å². The molecule has 1 aliphatic carbocycles. The normalized spacial score (nSPS) is 17.5. The van der Waals surface area contributed by atoms with E-state index in [1.54, 1.807) is 12.5 Å². The second kappa shape index (κ2) is 6.73. The van der Waals surface area contributed by atoms with Crippen molar-refractivity contribution in [2.75, 3.05) is 4.90 Å². The van der Waals surface area contributed by atoms with Gasteiger partial charge in [-0.3, -0.25) is 9.55 Å². The molecule has 3 aromatic heterocycles. The summed E-state index contributed by atoms with van der Waals surface area (Å²) in [5.41, 5.74) is 4.07. The quantitative estimate of drug-likeness (QED) is 0.515. The molecule has 1 atom stereocenters. The molecule has 6 rings (SSSR count). The minimum Gasteiger partial charge on any atom is -0.341 e. The lowest BCUT2D eigenvalue weighted by Crippen LogP contribution is -2.37. The van der Waals surface area contributed by atoms with Crippen LogP contribution in [0.2, 0.25) is 0 Å². The Labute approximate surface area is 174 Å². The number of nitrogens with zero attached hydrogens (tertiary/aromatic N) is 7. The van der Waals surface area contributed by atoms with Gasteiger partial charge in [0.2, 0.25) is 0 Å². The maximum atomic E-state index is 5.10. The molecule has 0 unspecified atom stereocenters. The number of pyridine rings is 1. The first kappa shape index (κ1) is 17.3. The van der Waals surface area contributed by atoms with Gasteiger partial charge in [-0.25, -0.2) is 9.97 Å². The second-order valence-electron chi connectivity index (χ2n) is 7.81. The van der Waals surface area contributed by atoms with Gasteiger partial charge >= 0.3 is 0 Å². The first-order chi connectivity index (χ1) is 14.8. The maximum absolute atomic E-state index is 5.10. The molecule has 0 bridgehead atoms. The monoisotopic (exact) mass is 395 g/mol. The Morgan fingerprint density at radius 1 is 1.03 bits per heavy atom. The smallest absolute Gasteiger partial charge is 0.162 e. The molecule has 7 heteroatoms. The van der Waals surface area contributed by atoms with E-state index in [1.165, 1.54) is 12.8 Å². The van der Waals surface area contributed by atoms with Crippen LogP contribution < -0.4 is 4.90 Å². The molecule has 1 aromatic carbocycles. The van der Waals surface area contributed by atoms with Gasteiger partial charge < -0.3 is 4.90 Å². The highest BCUT2D eigenvalue weighted by Gasteiger charge is 2.41. The predicted octanol–water partition coefficient (Wildman–Crippen LogP) is 4.22. The zero-order chi connectivity index (χ0) is 20.1. The van der Waals surface area contributed by atoms with Gasteiger partial charge in [-0.2, -0.15) is 0 Å². The molecule has 0 spiro atoms. The molecular formula is C23H21N7. The van der Waals surface area contributed by atoms with Gasteiger partial charge in [0.15, 0.2) is 17.5 Å². The lowest BCUT2D eigenvalue weighted by molar-refractivity contribution is 0.533.